The number of amides is 1. The summed E-state index contributed by atoms with van der Waals surface area (Å²) in [5.41, 5.74) is 0.926. The lowest BCUT2D eigenvalue weighted by Crippen LogP contribution is -2.42. The first-order valence-electron chi connectivity index (χ1n) is 6.58. The van der Waals surface area contributed by atoms with Crippen LogP contribution in [0.4, 0.5) is 0 Å². The topological polar surface area (TPSA) is 20.3 Å². The number of halogens is 2. The van der Waals surface area contributed by atoms with Gasteiger partial charge in [0.05, 0.1) is 10.0 Å². The molecule has 1 aromatic carbocycles. The largest absolute Gasteiger partial charge is 0.338 e. The van der Waals surface area contributed by atoms with E-state index in [-0.39, 0.29) is 18.0 Å². The molecule has 0 saturated heterocycles. The van der Waals surface area contributed by atoms with Gasteiger partial charge in [-0.25, -0.2) is 0 Å². The summed E-state index contributed by atoms with van der Waals surface area (Å²) in [6.45, 7) is 8.13. The summed E-state index contributed by atoms with van der Waals surface area (Å²) in [5, 5.41) is 1.09. The Morgan fingerprint density at radius 3 is 2.26 bits per heavy atom. The molecule has 106 valence electrons. The third kappa shape index (κ3) is 4.39. The molecule has 0 aliphatic rings. The van der Waals surface area contributed by atoms with Crippen LogP contribution in [0, 0.1) is 0 Å². The molecule has 0 saturated carbocycles. The van der Waals surface area contributed by atoms with Crippen LogP contribution < -0.4 is 0 Å². The van der Waals surface area contributed by atoms with Gasteiger partial charge in [0.15, 0.2) is 0 Å². The fourth-order valence-corrected chi connectivity index (χ4v) is 2.70. The van der Waals surface area contributed by atoms with Crippen molar-refractivity contribution < 1.29 is 4.79 Å². The minimum Gasteiger partial charge on any atom is -0.338 e. The predicted molar refractivity (Wildman–Crippen MR) is 81.9 cm³/mol. The lowest BCUT2D eigenvalue weighted by atomic mass is 10.1. The summed E-state index contributed by atoms with van der Waals surface area (Å²) >= 11 is 12.1. The lowest BCUT2D eigenvalue weighted by Gasteiger charge is -2.31. The Labute approximate surface area is 125 Å². The Kier molecular flexibility index (Phi) is 6.15. The summed E-state index contributed by atoms with van der Waals surface area (Å²) in [4.78, 5) is 14.1. The molecule has 1 aromatic rings. The minimum atomic E-state index is 0.154. The molecule has 0 spiro atoms. The molecule has 0 aromatic heterocycles. The van der Waals surface area contributed by atoms with Crippen LogP contribution in [0.15, 0.2) is 18.2 Å². The van der Waals surface area contributed by atoms with Crippen molar-refractivity contribution in [3.63, 3.8) is 0 Å². The van der Waals surface area contributed by atoms with Gasteiger partial charge in [-0.2, -0.15) is 0 Å². The first-order chi connectivity index (χ1) is 8.84. The number of carbonyl (C=O) groups excluding carboxylic acids is 1. The zero-order chi connectivity index (χ0) is 14.6. The van der Waals surface area contributed by atoms with Crippen molar-refractivity contribution in [1.29, 1.82) is 0 Å². The Morgan fingerprint density at radius 1 is 1.16 bits per heavy atom. The second-order valence-corrected chi connectivity index (χ2v) is 5.99. The first kappa shape index (κ1) is 16.3. The summed E-state index contributed by atoms with van der Waals surface area (Å²) in [7, 11) is 0. The molecule has 0 bridgehead atoms. The van der Waals surface area contributed by atoms with Gasteiger partial charge in [-0.3, -0.25) is 4.79 Å². The van der Waals surface area contributed by atoms with E-state index in [1.54, 1.807) is 6.07 Å². The van der Waals surface area contributed by atoms with Gasteiger partial charge in [-0.15, -0.1) is 0 Å². The van der Waals surface area contributed by atoms with E-state index >= 15 is 0 Å². The lowest BCUT2D eigenvalue weighted by molar-refractivity contribution is -0.134. The van der Waals surface area contributed by atoms with Gasteiger partial charge in [-0.05, 0) is 45.7 Å². The van der Waals surface area contributed by atoms with Crippen LogP contribution in [0.3, 0.4) is 0 Å². The van der Waals surface area contributed by atoms with Gasteiger partial charge in [0.1, 0.15) is 0 Å². The van der Waals surface area contributed by atoms with Crippen molar-refractivity contribution in [3.8, 4) is 0 Å². The smallest absolute Gasteiger partial charge is 0.223 e. The molecule has 0 fully saturated rings. The molecule has 1 rings (SSSR count). The second kappa shape index (κ2) is 7.16. The molecule has 0 heterocycles. The molecule has 0 aliphatic heterocycles. The maximum Gasteiger partial charge on any atom is 0.223 e. The van der Waals surface area contributed by atoms with Gasteiger partial charge >= 0.3 is 0 Å². The quantitative estimate of drug-likeness (QED) is 0.780. The minimum absolute atomic E-state index is 0.154. The Bertz CT molecular complexity index is 436. The van der Waals surface area contributed by atoms with Crippen molar-refractivity contribution in [2.45, 2.75) is 52.6 Å². The fraction of sp³-hybridized carbons (Fsp3) is 0.533. The number of aryl methyl sites for hydroxylation is 1. The highest BCUT2D eigenvalue weighted by Gasteiger charge is 2.20. The molecule has 0 unspecified atom stereocenters. The molecular weight excluding hydrogens is 281 g/mol. The molecule has 1 amide bonds. The van der Waals surface area contributed by atoms with E-state index in [1.807, 2.05) is 44.7 Å². The number of carbonyl (C=O) groups is 1. The van der Waals surface area contributed by atoms with Gasteiger partial charge in [0.25, 0.3) is 0 Å². The Hall–Kier alpha value is -0.730. The molecule has 0 atom stereocenters. The van der Waals surface area contributed by atoms with E-state index in [1.165, 1.54) is 0 Å². The highest BCUT2D eigenvalue weighted by Crippen LogP contribution is 2.26. The fourth-order valence-electron chi connectivity index (χ4n) is 2.28. The van der Waals surface area contributed by atoms with Gasteiger partial charge in [0.2, 0.25) is 5.91 Å². The maximum atomic E-state index is 12.2. The van der Waals surface area contributed by atoms with E-state index in [9.17, 15) is 4.79 Å². The van der Waals surface area contributed by atoms with Crippen LogP contribution in [-0.4, -0.2) is 22.9 Å². The molecule has 0 radical (unpaired) electrons. The molecule has 4 heteroatoms. The first-order valence-corrected chi connectivity index (χ1v) is 7.34. The molecular formula is C15H21Cl2NO. The van der Waals surface area contributed by atoms with Crippen LogP contribution >= 0.6 is 23.2 Å². The number of nitrogens with zero attached hydrogens (tertiary/aromatic N) is 1. The molecule has 2 nitrogen and oxygen atoms in total. The van der Waals surface area contributed by atoms with Crippen LogP contribution in [0.5, 0.6) is 0 Å². The van der Waals surface area contributed by atoms with Crippen molar-refractivity contribution in [1.82, 2.24) is 4.90 Å². The maximum absolute atomic E-state index is 12.2. The third-order valence-electron chi connectivity index (χ3n) is 3.04. The van der Waals surface area contributed by atoms with Gasteiger partial charge in [-0.1, -0.05) is 35.3 Å². The Balaban J connectivity index is 2.70. The van der Waals surface area contributed by atoms with Gasteiger partial charge < -0.3 is 4.90 Å². The highest BCUT2D eigenvalue weighted by molar-refractivity contribution is 6.42. The molecule has 0 N–H and O–H groups in total. The summed E-state index contributed by atoms with van der Waals surface area (Å²) in [5.74, 6) is 0.154. The van der Waals surface area contributed by atoms with Crippen molar-refractivity contribution in [2.75, 3.05) is 0 Å². The zero-order valence-corrected chi connectivity index (χ0v) is 13.4. The van der Waals surface area contributed by atoms with Crippen molar-refractivity contribution in [2.24, 2.45) is 0 Å². The van der Waals surface area contributed by atoms with Crippen molar-refractivity contribution in [3.05, 3.63) is 33.8 Å². The average Bonchev–Trinajstić information content (AvgIpc) is 2.30. The van der Waals surface area contributed by atoms with Crippen LogP contribution in [0.25, 0.3) is 0 Å². The van der Waals surface area contributed by atoms with E-state index < -0.39 is 0 Å². The van der Waals surface area contributed by atoms with Gasteiger partial charge in [0, 0.05) is 18.5 Å². The van der Waals surface area contributed by atoms with Crippen LogP contribution in [0.1, 0.15) is 39.7 Å². The monoisotopic (exact) mass is 301 g/mol. The predicted octanol–water partition coefficient (Wildman–Crippen LogP) is 4.57. The second-order valence-electron chi connectivity index (χ2n) is 5.20. The average molecular weight is 302 g/mol. The van der Waals surface area contributed by atoms with E-state index in [0.29, 0.717) is 22.9 Å². The third-order valence-corrected chi connectivity index (χ3v) is 3.90. The summed E-state index contributed by atoms with van der Waals surface area (Å²) in [6.07, 6.45) is 1.07. The normalized spacial score (nSPS) is 11.2. The highest BCUT2D eigenvalue weighted by atomic mass is 35.5. The zero-order valence-electron chi connectivity index (χ0n) is 11.9. The van der Waals surface area contributed by atoms with Crippen molar-refractivity contribution >= 4 is 29.1 Å². The van der Waals surface area contributed by atoms with Crippen LogP contribution in [0.2, 0.25) is 10.0 Å². The Morgan fingerprint density at radius 2 is 1.74 bits per heavy atom. The number of benzene rings is 1. The molecule has 19 heavy (non-hydrogen) atoms. The van der Waals surface area contributed by atoms with Crippen LogP contribution in [-0.2, 0) is 11.2 Å². The van der Waals surface area contributed by atoms with E-state index in [2.05, 4.69) is 0 Å². The van der Waals surface area contributed by atoms with E-state index in [4.69, 9.17) is 23.2 Å². The number of hydrogen-bond donors (Lipinski definition) is 0. The standard InChI is InChI=1S/C15H21Cl2NO/c1-10(2)18(11(3)4)14(19)9-8-12-6-5-7-13(16)15(12)17/h5-7,10-11H,8-9H2,1-4H3. The number of hydrogen-bond acceptors (Lipinski definition) is 1. The SMILES string of the molecule is CC(C)N(C(=O)CCc1cccc(Cl)c1Cl)C(C)C. The number of rotatable bonds is 5. The summed E-state index contributed by atoms with van der Waals surface area (Å²) in [6, 6.07) is 5.95. The molecule has 0 aliphatic carbocycles. The summed E-state index contributed by atoms with van der Waals surface area (Å²) < 4.78 is 0. The van der Waals surface area contributed by atoms with E-state index in [0.717, 1.165) is 5.56 Å².